The molecular weight excluding hydrogens is 244 g/mol. The van der Waals surface area contributed by atoms with Crippen molar-refractivity contribution in [2.75, 3.05) is 0 Å². The minimum absolute atomic E-state index is 0.767. The summed E-state index contributed by atoms with van der Waals surface area (Å²) in [6.07, 6.45) is 1.90. The Morgan fingerprint density at radius 3 is 2.94 bits per heavy atom. The first-order valence-corrected chi connectivity index (χ1v) is 6.71. The van der Waals surface area contributed by atoms with Crippen LogP contribution >= 0.6 is 11.3 Å². The van der Waals surface area contributed by atoms with Gasteiger partial charge in [-0.25, -0.2) is 4.98 Å². The van der Waals surface area contributed by atoms with Crippen molar-refractivity contribution < 1.29 is 0 Å². The first-order valence-electron chi connectivity index (χ1n) is 5.83. The molecule has 4 nitrogen and oxygen atoms in total. The maximum Gasteiger partial charge on any atom is 0.123 e. The molecule has 0 unspecified atom stereocenters. The number of hydrogen-bond donors (Lipinski definition) is 1. The number of nitrogens with one attached hydrogen (secondary N) is 1. The predicted octanol–water partition coefficient (Wildman–Crippen LogP) is 2.32. The third kappa shape index (κ3) is 2.14. The van der Waals surface area contributed by atoms with Crippen LogP contribution in [0, 0.1) is 0 Å². The maximum absolute atomic E-state index is 4.62. The van der Waals surface area contributed by atoms with E-state index < -0.39 is 0 Å². The molecule has 0 bridgehead atoms. The van der Waals surface area contributed by atoms with Crippen molar-refractivity contribution >= 4 is 22.4 Å². The van der Waals surface area contributed by atoms with Crippen LogP contribution < -0.4 is 5.32 Å². The third-order valence-electron chi connectivity index (χ3n) is 2.95. The van der Waals surface area contributed by atoms with Crippen molar-refractivity contribution in [2.45, 2.75) is 13.1 Å². The Morgan fingerprint density at radius 1 is 1.28 bits per heavy atom. The molecule has 92 valence electrons. The summed E-state index contributed by atoms with van der Waals surface area (Å²) < 4.78 is 2.13. The van der Waals surface area contributed by atoms with E-state index in [1.807, 2.05) is 29.9 Å². The van der Waals surface area contributed by atoms with E-state index in [1.165, 1.54) is 10.4 Å². The molecule has 0 atom stereocenters. The molecule has 18 heavy (non-hydrogen) atoms. The highest BCUT2D eigenvalue weighted by Gasteiger charge is 2.06. The van der Waals surface area contributed by atoms with Crippen LogP contribution in [0.15, 0.2) is 36.0 Å². The number of aryl methyl sites for hydroxylation is 1. The van der Waals surface area contributed by atoms with Crippen molar-refractivity contribution in [3.63, 3.8) is 0 Å². The van der Waals surface area contributed by atoms with Gasteiger partial charge >= 0.3 is 0 Å². The summed E-state index contributed by atoms with van der Waals surface area (Å²) in [7, 11) is 2.05. The average Bonchev–Trinajstić information content (AvgIpc) is 3.00. The SMILES string of the molecule is Cn1c(CNCc2cncs2)nc2ccccc21. The first-order chi connectivity index (χ1) is 8.84. The van der Waals surface area contributed by atoms with E-state index >= 15 is 0 Å². The van der Waals surface area contributed by atoms with Crippen LogP contribution in [-0.4, -0.2) is 14.5 Å². The van der Waals surface area contributed by atoms with Crippen molar-refractivity contribution in [2.24, 2.45) is 7.05 Å². The zero-order chi connectivity index (χ0) is 12.4. The van der Waals surface area contributed by atoms with Crippen molar-refractivity contribution in [3.8, 4) is 0 Å². The van der Waals surface area contributed by atoms with E-state index in [4.69, 9.17) is 0 Å². The number of aromatic nitrogens is 3. The Balaban J connectivity index is 1.73. The monoisotopic (exact) mass is 258 g/mol. The van der Waals surface area contributed by atoms with Crippen molar-refractivity contribution in [3.05, 3.63) is 46.7 Å². The summed E-state index contributed by atoms with van der Waals surface area (Å²) in [4.78, 5) is 9.92. The van der Waals surface area contributed by atoms with Crippen LogP contribution in [0.25, 0.3) is 11.0 Å². The molecule has 0 saturated carbocycles. The summed E-state index contributed by atoms with van der Waals surface area (Å²) >= 11 is 1.67. The van der Waals surface area contributed by atoms with E-state index in [1.54, 1.807) is 11.3 Å². The number of hydrogen-bond acceptors (Lipinski definition) is 4. The Morgan fingerprint density at radius 2 is 2.17 bits per heavy atom. The van der Waals surface area contributed by atoms with Gasteiger partial charge in [0, 0.05) is 24.7 Å². The second-order valence-corrected chi connectivity index (χ2v) is 5.12. The first kappa shape index (κ1) is 11.4. The maximum atomic E-state index is 4.62. The van der Waals surface area contributed by atoms with Crippen molar-refractivity contribution in [1.29, 1.82) is 0 Å². The van der Waals surface area contributed by atoms with Gasteiger partial charge in [-0.1, -0.05) is 12.1 Å². The molecule has 0 spiro atoms. The Labute approximate surface area is 109 Å². The molecule has 5 heteroatoms. The topological polar surface area (TPSA) is 42.7 Å². The Kier molecular flexibility index (Phi) is 3.08. The van der Waals surface area contributed by atoms with Gasteiger partial charge in [-0.3, -0.25) is 4.98 Å². The molecule has 2 heterocycles. The zero-order valence-electron chi connectivity index (χ0n) is 10.1. The summed E-state index contributed by atoms with van der Waals surface area (Å²) in [5.74, 6) is 1.06. The van der Waals surface area contributed by atoms with E-state index in [0.717, 1.165) is 24.4 Å². The second-order valence-electron chi connectivity index (χ2n) is 4.15. The number of thiazole rings is 1. The fraction of sp³-hybridized carbons (Fsp3) is 0.231. The van der Waals surface area contributed by atoms with E-state index in [2.05, 4.69) is 33.0 Å². The summed E-state index contributed by atoms with van der Waals surface area (Å²) in [6.45, 7) is 1.61. The Bertz CT molecular complexity index is 642. The number of fused-ring (bicyclic) bond motifs is 1. The molecule has 0 aliphatic carbocycles. The van der Waals surface area contributed by atoms with Gasteiger partial charge < -0.3 is 9.88 Å². The van der Waals surface area contributed by atoms with E-state index in [-0.39, 0.29) is 0 Å². The van der Waals surface area contributed by atoms with Crippen LogP contribution in [-0.2, 0) is 20.1 Å². The summed E-state index contributed by atoms with van der Waals surface area (Å²) in [5.41, 5.74) is 4.08. The summed E-state index contributed by atoms with van der Waals surface area (Å²) in [5, 5.41) is 3.39. The quantitative estimate of drug-likeness (QED) is 0.781. The van der Waals surface area contributed by atoms with Crippen LogP contribution in [0.2, 0.25) is 0 Å². The van der Waals surface area contributed by atoms with Crippen LogP contribution in [0.3, 0.4) is 0 Å². The summed E-state index contributed by atoms with van der Waals surface area (Å²) in [6, 6.07) is 8.19. The average molecular weight is 258 g/mol. The lowest BCUT2D eigenvalue weighted by Crippen LogP contribution is -2.15. The molecule has 3 rings (SSSR count). The van der Waals surface area contributed by atoms with Crippen molar-refractivity contribution in [1.82, 2.24) is 19.9 Å². The normalized spacial score (nSPS) is 11.2. The molecular formula is C13H14N4S. The zero-order valence-corrected chi connectivity index (χ0v) is 10.9. The van der Waals surface area contributed by atoms with Gasteiger partial charge in [-0.05, 0) is 12.1 Å². The minimum atomic E-state index is 0.767. The highest BCUT2D eigenvalue weighted by Crippen LogP contribution is 2.14. The fourth-order valence-electron chi connectivity index (χ4n) is 1.98. The number of benzene rings is 1. The van der Waals surface area contributed by atoms with Crippen LogP contribution in [0.1, 0.15) is 10.7 Å². The van der Waals surface area contributed by atoms with Crippen LogP contribution in [0.4, 0.5) is 0 Å². The molecule has 1 N–H and O–H groups in total. The number of nitrogens with zero attached hydrogens (tertiary/aromatic N) is 3. The largest absolute Gasteiger partial charge is 0.330 e. The smallest absolute Gasteiger partial charge is 0.123 e. The highest BCUT2D eigenvalue weighted by atomic mass is 32.1. The lowest BCUT2D eigenvalue weighted by molar-refractivity contribution is 0.648. The number of rotatable bonds is 4. The highest BCUT2D eigenvalue weighted by molar-refractivity contribution is 7.09. The molecule has 0 fully saturated rings. The van der Waals surface area contributed by atoms with Gasteiger partial charge in [-0.2, -0.15) is 0 Å². The van der Waals surface area contributed by atoms with Crippen LogP contribution in [0.5, 0.6) is 0 Å². The third-order valence-corrected chi connectivity index (χ3v) is 3.73. The van der Waals surface area contributed by atoms with Gasteiger partial charge in [-0.15, -0.1) is 11.3 Å². The van der Waals surface area contributed by atoms with Gasteiger partial charge in [0.2, 0.25) is 0 Å². The predicted molar refractivity (Wildman–Crippen MR) is 73.4 cm³/mol. The molecule has 2 aromatic heterocycles. The fourth-order valence-corrected chi connectivity index (χ4v) is 2.54. The lowest BCUT2D eigenvalue weighted by atomic mass is 10.3. The number of imidazole rings is 1. The van der Waals surface area contributed by atoms with Gasteiger partial charge in [0.05, 0.1) is 23.1 Å². The van der Waals surface area contributed by atoms with Gasteiger partial charge in [0.15, 0.2) is 0 Å². The standard InChI is InChI=1S/C13H14N4S/c1-17-12-5-3-2-4-11(12)16-13(17)8-14-6-10-7-15-9-18-10/h2-5,7,9,14H,6,8H2,1H3. The minimum Gasteiger partial charge on any atom is -0.330 e. The molecule has 0 aliphatic rings. The molecule has 0 radical (unpaired) electrons. The molecule has 3 aromatic rings. The lowest BCUT2D eigenvalue weighted by Gasteiger charge is -2.03. The molecule has 0 aliphatic heterocycles. The second kappa shape index (κ2) is 4.88. The van der Waals surface area contributed by atoms with E-state index in [0.29, 0.717) is 0 Å². The van der Waals surface area contributed by atoms with Gasteiger partial charge in [0.1, 0.15) is 5.82 Å². The molecule has 1 aromatic carbocycles. The van der Waals surface area contributed by atoms with Gasteiger partial charge in [0.25, 0.3) is 0 Å². The Hall–Kier alpha value is -1.72. The molecule has 0 amide bonds. The molecule has 0 saturated heterocycles. The van der Waals surface area contributed by atoms with E-state index in [9.17, 15) is 0 Å². The number of para-hydroxylation sites is 2.